The summed E-state index contributed by atoms with van der Waals surface area (Å²) in [6, 6.07) is 3.87. The van der Waals surface area contributed by atoms with E-state index in [4.69, 9.17) is 5.11 Å². The molecule has 1 atom stereocenters. The van der Waals surface area contributed by atoms with Gasteiger partial charge in [-0.1, -0.05) is 6.07 Å². The van der Waals surface area contributed by atoms with E-state index in [1.54, 1.807) is 26.0 Å². The summed E-state index contributed by atoms with van der Waals surface area (Å²) in [6.45, 7) is 3.43. The van der Waals surface area contributed by atoms with Crippen LogP contribution >= 0.6 is 0 Å². The van der Waals surface area contributed by atoms with Gasteiger partial charge in [-0.15, -0.1) is 0 Å². The van der Waals surface area contributed by atoms with Gasteiger partial charge in [0.2, 0.25) is 0 Å². The molecule has 6 heteroatoms. The van der Waals surface area contributed by atoms with Crippen LogP contribution in [0.1, 0.15) is 31.7 Å². The minimum Gasteiger partial charge on any atom is -0.481 e. The Morgan fingerprint density at radius 1 is 1.40 bits per heavy atom. The minimum atomic E-state index is -0.850. The number of nitrogens with one attached hydrogen (secondary N) is 2. The number of carboxylic acids is 1. The topological polar surface area (TPSA) is 78.4 Å². The Labute approximate surface area is 117 Å². The molecular formula is C14H19FN2O3. The molecular weight excluding hydrogens is 263 g/mol. The summed E-state index contributed by atoms with van der Waals surface area (Å²) in [5, 5.41) is 13.7. The number of aliphatic carboxylic acids is 1. The van der Waals surface area contributed by atoms with Gasteiger partial charge in [0.1, 0.15) is 5.82 Å². The van der Waals surface area contributed by atoms with E-state index in [1.165, 1.54) is 6.07 Å². The molecule has 0 saturated heterocycles. The van der Waals surface area contributed by atoms with Gasteiger partial charge in [0.05, 0.1) is 0 Å². The summed E-state index contributed by atoms with van der Waals surface area (Å²) in [5.74, 6) is -1.23. The van der Waals surface area contributed by atoms with Crippen molar-refractivity contribution in [3.63, 3.8) is 0 Å². The van der Waals surface area contributed by atoms with Gasteiger partial charge < -0.3 is 15.7 Å². The molecule has 1 unspecified atom stereocenters. The number of halogens is 1. The number of amides is 2. The van der Waals surface area contributed by atoms with Crippen LogP contribution in [0.3, 0.4) is 0 Å². The van der Waals surface area contributed by atoms with Gasteiger partial charge in [-0.2, -0.15) is 0 Å². The Morgan fingerprint density at radius 2 is 2.10 bits per heavy atom. The highest BCUT2D eigenvalue weighted by atomic mass is 19.1. The molecule has 1 rings (SSSR count). The van der Waals surface area contributed by atoms with Crippen LogP contribution in [0.25, 0.3) is 0 Å². The second-order valence-corrected chi connectivity index (χ2v) is 4.75. The molecule has 0 radical (unpaired) electrons. The number of aryl methyl sites for hydroxylation is 1. The Kier molecular flexibility index (Phi) is 5.96. The summed E-state index contributed by atoms with van der Waals surface area (Å²) >= 11 is 0. The highest BCUT2D eigenvalue weighted by Gasteiger charge is 2.09. The van der Waals surface area contributed by atoms with E-state index in [1.807, 2.05) is 0 Å². The third-order valence-electron chi connectivity index (χ3n) is 2.83. The fourth-order valence-electron chi connectivity index (χ4n) is 1.69. The Balaban J connectivity index is 2.38. The van der Waals surface area contributed by atoms with E-state index >= 15 is 0 Å². The summed E-state index contributed by atoms with van der Waals surface area (Å²) < 4.78 is 13.3. The van der Waals surface area contributed by atoms with Crippen molar-refractivity contribution >= 4 is 17.7 Å². The number of rotatable bonds is 6. The molecule has 3 N–H and O–H groups in total. The maximum atomic E-state index is 13.3. The fourth-order valence-corrected chi connectivity index (χ4v) is 1.69. The first kappa shape index (κ1) is 15.9. The molecule has 5 nitrogen and oxygen atoms in total. The highest BCUT2D eigenvalue weighted by molar-refractivity contribution is 5.89. The molecule has 0 aliphatic carbocycles. The van der Waals surface area contributed by atoms with Gasteiger partial charge in [-0.3, -0.25) is 4.79 Å². The molecule has 0 aliphatic heterocycles. The quantitative estimate of drug-likeness (QED) is 0.750. The van der Waals surface area contributed by atoms with E-state index < -0.39 is 12.0 Å². The van der Waals surface area contributed by atoms with Crippen LogP contribution in [0.2, 0.25) is 0 Å². The van der Waals surface area contributed by atoms with Gasteiger partial charge >= 0.3 is 12.0 Å². The predicted molar refractivity (Wildman–Crippen MR) is 74.2 cm³/mol. The van der Waals surface area contributed by atoms with Gasteiger partial charge in [-0.05, 0) is 44.4 Å². The lowest BCUT2D eigenvalue weighted by atomic mass is 10.1. The molecule has 0 aromatic heterocycles. The van der Waals surface area contributed by atoms with E-state index in [0.29, 0.717) is 24.1 Å². The normalized spacial score (nSPS) is 11.8. The third-order valence-corrected chi connectivity index (χ3v) is 2.83. The molecule has 0 heterocycles. The largest absolute Gasteiger partial charge is 0.481 e. The van der Waals surface area contributed by atoms with Gasteiger partial charge in [0, 0.05) is 18.2 Å². The van der Waals surface area contributed by atoms with Gasteiger partial charge in [0.15, 0.2) is 0 Å². The van der Waals surface area contributed by atoms with E-state index in [9.17, 15) is 14.0 Å². The third kappa shape index (κ3) is 5.69. The van der Waals surface area contributed by atoms with Crippen LogP contribution in [0, 0.1) is 12.7 Å². The zero-order valence-electron chi connectivity index (χ0n) is 11.6. The maximum absolute atomic E-state index is 13.3. The van der Waals surface area contributed by atoms with E-state index in [2.05, 4.69) is 10.6 Å². The summed E-state index contributed by atoms with van der Waals surface area (Å²) in [6.07, 6.45) is 1.15. The van der Waals surface area contributed by atoms with Crippen molar-refractivity contribution < 1.29 is 19.1 Å². The molecule has 1 aromatic rings. The molecule has 0 aliphatic rings. The van der Waals surface area contributed by atoms with Crippen LogP contribution in [-0.4, -0.2) is 23.1 Å². The average molecular weight is 282 g/mol. The molecule has 20 heavy (non-hydrogen) atoms. The lowest BCUT2D eigenvalue weighted by molar-refractivity contribution is -0.137. The highest BCUT2D eigenvalue weighted by Crippen LogP contribution is 2.13. The SMILES string of the molecule is Cc1ccc(NC(=O)NC(C)CCCC(=O)O)cc1F. The molecule has 0 bridgehead atoms. The fraction of sp³-hybridized carbons (Fsp3) is 0.429. The van der Waals surface area contributed by atoms with Crippen LogP contribution < -0.4 is 10.6 Å². The lowest BCUT2D eigenvalue weighted by Gasteiger charge is -2.14. The lowest BCUT2D eigenvalue weighted by Crippen LogP contribution is -2.36. The summed E-state index contributed by atoms with van der Waals surface area (Å²) in [7, 11) is 0. The first-order valence-electron chi connectivity index (χ1n) is 6.44. The second-order valence-electron chi connectivity index (χ2n) is 4.75. The standard InChI is InChI=1S/C14H19FN2O3/c1-9-6-7-11(8-12(9)15)17-14(20)16-10(2)4-3-5-13(18)19/h6-8,10H,3-5H2,1-2H3,(H,18,19)(H2,16,17,20). The molecule has 2 amide bonds. The zero-order valence-corrected chi connectivity index (χ0v) is 11.6. The number of carboxylic acid groups (broad SMARTS) is 1. The van der Waals surface area contributed by atoms with Gasteiger partial charge in [-0.25, -0.2) is 9.18 Å². The van der Waals surface area contributed by atoms with Crippen molar-refractivity contribution in [2.45, 2.75) is 39.2 Å². The zero-order chi connectivity index (χ0) is 15.1. The van der Waals surface area contributed by atoms with Gasteiger partial charge in [0.25, 0.3) is 0 Å². The number of hydrogen-bond acceptors (Lipinski definition) is 2. The number of carbonyl (C=O) groups excluding carboxylic acids is 1. The molecule has 0 spiro atoms. The number of hydrogen-bond donors (Lipinski definition) is 3. The monoisotopic (exact) mass is 282 g/mol. The second kappa shape index (κ2) is 7.47. The van der Waals surface area contributed by atoms with Crippen molar-refractivity contribution in [1.82, 2.24) is 5.32 Å². The molecule has 1 aromatic carbocycles. The van der Waals surface area contributed by atoms with E-state index in [-0.39, 0.29) is 18.3 Å². The maximum Gasteiger partial charge on any atom is 0.319 e. The number of carbonyl (C=O) groups is 2. The predicted octanol–water partition coefficient (Wildman–Crippen LogP) is 2.90. The molecule has 0 saturated carbocycles. The first-order chi connectivity index (χ1) is 9.38. The van der Waals surface area contributed by atoms with Crippen LogP contribution in [0.4, 0.5) is 14.9 Å². The number of urea groups is 1. The Morgan fingerprint density at radius 3 is 2.70 bits per heavy atom. The smallest absolute Gasteiger partial charge is 0.319 e. The van der Waals surface area contributed by atoms with Crippen molar-refractivity contribution in [2.75, 3.05) is 5.32 Å². The van der Waals surface area contributed by atoms with Crippen molar-refractivity contribution in [1.29, 1.82) is 0 Å². The van der Waals surface area contributed by atoms with E-state index in [0.717, 1.165) is 0 Å². The molecule has 110 valence electrons. The Bertz CT molecular complexity index is 491. The minimum absolute atomic E-state index is 0.0802. The number of anilines is 1. The molecule has 0 fully saturated rings. The first-order valence-corrected chi connectivity index (χ1v) is 6.44. The summed E-state index contributed by atoms with van der Waals surface area (Å²) in [5.41, 5.74) is 0.890. The van der Waals surface area contributed by atoms with Crippen LogP contribution in [-0.2, 0) is 4.79 Å². The van der Waals surface area contributed by atoms with Crippen LogP contribution in [0.15, 0.2) is 18.2 Å². The number of benzene rings is 1. The van der Waals surface area contributed by atoms with Crippen molar-refractivity contribution in [2.24, 2.45) is 0 Å². The van der Waals surface area contributed by atoms with Crippen molar-refractivity contribution in [3.8, 4) is 0 Å². The van der Waals surface area contributed by atoms with Crippen LogP contribution in [0.5, 0.6) is 0 Å². The average Bonchev–Trinajstić information content (AvgIpc) is 2.33. The Hall–Kier alpha value is -2.11. The van der Waals surface area contributed by atoms with Crippen molar-refractivity contribution in [3.05, 3.63) is 29.6 Å². The summed E-state index contributed by atoms with van der Waals surface area (Å²) in [4.78, 5) is 22.0.